The van der Waals surface area contributed by atoms with Gasteiger partial charge in [0.1, 0.15) is 0 Å². The van der Waals surface area contributed by atoms with Crippen molar-refractivity contribution in [2.24, 2.45) is 0 Å². The highest BCUT2D eigenvalue weighted by Crippen LogP contribution is 1.93. The highest BCUT2D eigenvalue weighted by Gasteiger charge is 1.91. The summed E-state index contributed by atoms with van der Waals surface area (Å²) < 4.78 is 0. The number of pyridine rings is 1. The van der Waals surface area contributed by atoms with Crippen LogP contribution in [0.25, 0.3) is 0 Å². The molecule has 0 aliphatic heterocycles. The van der Waals surface area contributed by atoms with Crippen LogP contribution in [-0.2, 0) is 11.3 Å². The fourth-order valence-electron chi connectivity index (χ4n) is 0.701. The van der Waals surface area contributed by atoms with Gasteiger partial charge in [-0.1, -0.05) is 0 Å². The van der Waals surface area contributed by atoms with Crippen LogP contribution in [0.3, 0.4) is 0 Å². The summed E-state index contributed by atoms with van der Waals surface area (Å²) in [6.07, 6.45) is 3.37. The van der Waals surface area contributed by atoms with Crippen LogP contribution in [0.1, 0.15) is 5.56 Å². The van der Waals surface area contributed by atoms with E-state index < -0.39 is 0 Å². The van der Waals surface area contributed by atoms with Crippen LogP contribution in [0.2, 0.25) is 0 Å². The van der Waals surface area contributed by atoms with E-state index in [0.29, 0.717) is 6.54 Å². The molecule has 3 nitrogen and oxygen atoms in total. The number of nitrogens with zero attached hydrogens (tertiary/aromatic N) is 1. The highest BCUT2D eigenvalue weighted by atomic mass is 16.1. The molecule has 1 N–H and O–H groups in total. The monoisotopic (exact) mass is 149 g/mol. The van der Waals surface area contributed by atoms with Crippen molar-refractivity contribution < 1.29 is 4.79 Å². The Balaban J connectivity index is 2.45. The fraction of sp³-hybridized carbons (Fsp3) is 0.125. The first kappa shape index (κ1) is 7.72. The third-order valence-corrected chi connectivity index (χ3v) is 1.24. The molecule has 1 aromatic rings. The molecule has 1 heterocycles. The van der Waals surface area contributed by atoms with E-state index in [1.54, 1.807) is 12.4 Å². The smallest absolute Gasteiger partial charge is 0.220 e. The van der Waals surface area contributed by atoms with E-state index >= 15 is 0 Å². The molecule has 0 saturated heterocycles. The lowest BCUT2D eigenvalue weighted by Gasteiger charge is -1.99. The third-order valence-electron chi connectivity index (χ3n) is 1.24. The molecule has 0 saturated carbocycles. The zero-order chi connectivity index (χ0) is 8.10. The van der Waals surface area contributed by atoms with Gasteiger partial charge in [0, 0.05) is 25.9 Å². The predicted molar refractivity (Wildman–Crippen MR) is 41.4 cm³/mol. The second-order valence-corrected chi connectivity index (χ2v) is 2.13. The second kappa shape index (κ2) is 3.71. The van der Waals surface area contributed by atoms with E-state index in [1.807, 2.05) is 12.1 Å². The van der Waals surface area contributed by atoms with Crippen LogP contribution < -0.4 is 5.32 Å². The average molecular weight is 149 g/mol. The minimum absolute atomic E-state index is 0.262. The van der Waals surface area contributed by atoms with Gasteiger partial charge in [0.15, 0.2) is 0 Å². The van der Waals surface area contributed by atoms with Gasteiger partial charge in [-0.05, 0) is 17.7 Å². The van der Waals surface area contributed by atoms with Crippen molar-refractivity contribution in [2.75, 3.05) is 0 Å². The van der Waals surface area contributed by atoms with E-state index in [1.165, 1.54) is 0 Å². The number of hydrogen-bond acceptors (Lipinski definition) is 2. The molecular weight excluding hydrogens is 140 g/mol. The summed E-state index contributed by atoms with van der Waals surface area (Å²) in [7, 11) is 0. The Hall–Kier alpha value is -1.38. The van der Waals surface area contributed by atoms with Crippen molar-refractivity contribution in [3.8, 4) is 0 Å². The highest BCUT2D eigenvalue weighted by molar-refractivity contribution is 5.79. The number of amides is 1. The van der Waals surface area contributed by atoms with Crippen LogP contribution >= 0.6 is 0 Å². The van der Waals surface area contributed by atoms with Crippen LogP contribution in [0.4, 0.5) is 0 Å². The molecule has 1 aromatic heterocycles. The first-order valence-corrected chi connectivity index (χ1v) is 3.28. The number of carbonyl (C=O) groups is 1. The Labute approximate surface area is 65.5 Å². The van der Waals surface area contributed by atoms with Gasteiger partial charge in [-0.25, -0.2) is 0 Å². The van der Waals surface area contributed by atoms with Gasteiger partial charge >= 0.3 is 0 Å². The van der Waals surface area contributed by atoms with E-state index in [2.05, 4.69) is 17.2 Å². The van der Waals surface area contributed by atoms with Crippen LogP contribution in [-0.4, -0.2) is 10.9 Å². The second-order valence-electron chi connectivity index (χ2n) is 2.13. The summed E-state index contributed by atoms with van der Waals surface area (Å²) in [4.78, 5) is 14.2. The maximum absolute atomic E-state index is 10.4. The first-order valence-electron chi connectivity index (χ1n) is 3.28. The van der Waals surface area contributed by atoms with Gasteiger partial charge in [0.2, 0.25) is 5.91 Å². The van der Waals surface area contributed by atoms with E-state index in [0.717, 1.165) is 5.56 Å². The number of hydrogen-bond donors (Lipinski definition) is 1. The maximum Gasteiger partial charge on any atom is 0.220 e. The SMILES string of the molecule is [CH2]C(=O)NCc1ccncc1. The maximum atomic E-state index is 10.4. The molecule has 0 aliphatic carbocycles. The molecule has 1 rings (SSSR count). The Morgan fingerprint density at radius 2 is 2.18 bits per heavy atom. The van der Waals surface area contributed by atoms with Gasteiger partial charge < -0.3 is 5.32 Å². The Morgan fingerprint density at radius 3 is 2.73 bits per heavy atom. The molecule has 11 heavy (non-hydrogen) atoms. The van der Waals surface area contributed by atoms with Crippen molar-refractivity contribution in [1.82, 2.24) is 10.3 Å². The van der Waals surface area contributed by atoms with Crippen LogP contribution in [0, 0.1) is 6.92 Å². The summed E-state index contributed by atoms with van der Waals surface area (Å²) in [5.41, 5.74) is 1.03. The molecule has 1 amide bonds. The summed E-state index contributed by atoms with van der Waals surface area (Å²) in [5.74, 6) is -0.262. The third kappa shape index (κ3) is 2.80. The van der Waals surface area contributed by atoms with Crippen molar-refractivity contribution in [3.05, 3.63) is 37.0 Å². The van der Waals surface area contributed by atoms with Gasteiger partial charge in [-0.2, -0.15) is 0 Å². The lowest BCUT2D eigenvalue weighted by Crippen LogP contribution is -2.18. The lowest BCUT2D eigenvalue weighted by molar-refractivity contribution is -0.116. The summed E-state index contributed by atoms with van der Waals surface area (Å²) in [6.45, 7) is 3.71. The largest absolute Gasteiger partial charge is 0.352 e. The molecule has 3 heteroatoms. The van der Waals surface area contributed by atoms with Crippen molar-refractivity contribution >= 4 is 5.91 Å². The summed E-state index contributed by atoms with van der Waals surface area (Å²) in [5, 5.41) is 2.58. The van der Waals surface area contributed by atoms with E-state index in [4.69, 9.17) is 0 Å². The number of aromatic nitrogens is 1. The van der Waals surface area contributed by atoms with Gasteiger partial charge in [-0.3, -0.25) is 9.78 Å². The topological polar surface area (TPSA) is 42.0 Å². The van der Waals surface area contributed by atoms with Crippen LogP contribution in [0.5, 0.6) is 0 Å². The number of carbonyl (C=O) groups excluding carboxylic acids is 1. The molecule has 0 bridgehead atoms. The standard InChI is InChI=1S/C8H9N2O/c1-7(11)10-6-8-2-4-9-5-3-8/h2-5H,1,6H2,(H,10,11). The Morgan fingerprint density at radius 1 is 1.55 bits per heavy atom. The van der Waals surface area contributed by atoms with E-state index in [9.17, 15) is 4.79 Å². The number of rotatable bonds is 2. The Kier molecular flexibility index (Phi) is 2.60. The molecule has 0 spiro atoms. The lowest BCUT2D eigenvalue weighted by atomic mass is 10.3. The predicted octanol–water partition coefficient (Wildman–Crippen LogP) is 0.532. The molecule has 0 aromatic carbocycles. The number of nitrogens with one attached hydrogen (secondary N) is 1. The normalized spacial score (nSPS) is 9.18. The summed E-state index contributed by atoms with van der Waals surface area (Å²) >= 11 is 0. The van der Waals surface area contributed by atoms with Gasteiger partial charge in [-0.15, -0.1) is 0 Å². The molecule has 57 valence electrons. The first-order chi connectivity index (χ1) is 5.29. The minimum Gasteiger partial charge on any atom is -0.352 e. The van der Waals surface area contributed by atoms with Crippen molar-refractivity contribution in [3.63, 3.8) is 0 Å². The van der Waals surface area contributed by atoms with Crippen molar-refractivity contribution in [1.29, 1.82) is 0 Å². The Bertz CT molecular complexity index is 233. The minimum atomic E-state index is -0.262. The zero-order valence-corrected chi connectivity index (χ0v) is 6.08. The molecule has 0 fully saturated rings. The molecular formula is C8H9N2O. The van der Waals surface area contributed by atoms with Gasteiger partial charge in [0.05, 0.1) is 0 Å². The average Bonchev–Trinajstić information content (AvgIpc) is 2.03. The van der Waals surface area contributed by atoms with Crippen LogP contribution in [0.15, 0.2) is 24.5 Å². The molecule has 1 radical (unpaired) electrons. The molecule has 0 atom stereocenters. The quantitative estimate of drug-likeness (QED) is 0.666. The fourth-order valence-corrected chi connectivity index (χ4v) is 0.701. The van der Waals surface area contributed by atoms with Gasteiger partial charge in [0.25, 0.3) is 0 Å². The van der Waals surface area contributed by atoms with Crippen molar-refractivity contribution in [2.45, 2.75) is 6.54 Å². The molecule has 0 aliphatic rings. The zero-order valence-electron chi connectivity index (χ0n) is 6.08. The van der Waals surface area contributed by atoms with E-state index in [-0.39, 0.29) is 5.91 Å². The summed E-state index contributed by atoms with van der Waals surface area (Å²) in [6, 6.07) is 3.69. The molecule has 0 unspecified atom stereocenters.